The highest BCUT2D eigenvalue weighted by Gasteiger charge is 2.13. The van der Waals surface area contributed by atoms with Gasteiger partial charge in [-0.25, -0.2) is 13.1 Å². The number of carbonyl (C=O) groups is 1. The lowest BCUT2D eigenvalue weighted by molar-refractivity contribution is -0.123. The number of sulfonamides is 1. The van der Waals surface area contributed by atoms with E-state index in [-0.39, 0.29) is 30.1 Å². The molecule has 8 nitrogen and oxygen atoms in total. The van der Waals surface area contributed by atoms with E-state index in [0.717, 1.165) is 6.42 Å². The van der Waals surface area contributed by atoms with Gasteiger partial charge in [-0.1, -0.05) is 0 Å². The van der Waals surface area contributed by atoms with E-state index in [1.807, 2.05) is 13.8 Å². The minimum absolute atomic E-state index is 0.121. The molecule has 0 radical (unpaired) electrons. The Balaban J connectivity index is 2.34. The largest absolute Gasteiger partial charge is 0.484 e. The van der Waals surface area contributed by atoms with E-state index < -0.39 is 10.0 Å². The van der Waals surface area contributed by atoms with Crippen molar-refractivity contribution in [1.29, 1.82) is 0 Å². The highest BCUT2D eigenvalue weighted by Crippen LogP contribution is 2.15. The van der Waals surface area contributed by atoms with Crippen LogP contribution in [0.4, 0.5) is 0 Å². The zero-order valence-electron chi connectivity index (χ0n) is 15.5. The molecule has 0 saturated carbocycles. The van der Waals surface area contributed by atoms with Crippen LogP contribution in [0.5, 0.6) is 5.75 Å². The van der Waals surface area contributed by atoms with E-state index >= 15 is 0 Å². The number of methoxy groups -OCH3 is 1. The molecule has 1 rings (SSSR count). The third kappa shape index (κ3) is 9.14. The molecule has 0 aliphatic rings. The Hall–Kier alpha value is -1.68. The van der Waals surface area contributed by atoms with Crippen LogP contribution in [0.25, 0.3) is 0 Å². The molecule has 0 spiro atoms. The zero-order valence-corrected chi connectivity index (χ0v) is 16.3. The summed E-state index contributed by atoms with van der Waals surface area (Å²) in [5.74, 6) is 0.173. The second-order valence-electron chi connectivity index (χ2n) is 5.77. The molecule has 2 N–H and O–H groups in total. The first-order valence-electron chi connectivity index (χ1n) is 8.45. The molecule has 0 unspecified atom stereocenters. The molecule has 0 bridgehead atoms. The van der Waals surface area contributed by atoms with Crippen LogP contribution in [-0.2, 0) is 24.3 Å². The molecule has 0 heterocycles. The molecule has 1 amide bonds. The Bertz CT molecular complexity index is 631. The van der Waals surface area contributed by atoms with E-state index in [2.05, 4.69) is 10.0 Å². The Morgan fingerprint density at radius 1 is 1.12 bits per heavy atom. The van der Waals surface area contributed by atoms with Crippen molar-refractivity contribution in [3.05, 3.63) is 24.3 Å². The molecule has 26 heavy (non-hydrogen) atoms. The standard InChI is InChI=1S/C17H28N2O6S/c1-14(2)24-11-4-9-18-17(20)13-25-15-5-7-16(8-6-15)26(21,22)19-10-12-23-3/h5-8,14,19H,4,9-13H2,1-3H3,(H,18,20). The molecule has 0 saturated heterocycles. The maximum Gasteiger partial charge on any atom is 0.257 e. The number of ether oxygens (including phenoxy) is 3. The maximum absolute atomic E-state index is 12.0. The summed E-state index contributed by atoms with van der Waals surface area (Å²) in [7, 11) is -2.08. The van der Waals surface area contributed by atoms with E-state index in [4.69, 9.17) is 14.2 Å². The Morgan fingerprint density at radius 3 is 2.42 bits per heavy atom. The zero-order chi connectivity index (χ0) is 19.4. The summed E-state index contributed by atoms with van der Waals surface area (Å²) in [5.41, 5.74) is 0. The summed E-state index contributed by atoms with van der Waals surface area (Å²) in [6, 6.07) is 5.86. The van der Waals surface area contributed by atoms with Gasteiger partial charge in [0.2, 0.25) is 10.0 Å². The average molecular weight is 388 g/mol. The molecule has 0 fully saturated rings. The lowest BCUT2D eigenvalue weighted by Crippen LogP contribution is -2.30. The molecule has 0 aliphatic heterocycles. The van der Waals surface area contributed by atoms with Crippen LogP contribution in [0, 0.1) is 0 Å². The fourth-order valence-electron chi connectivity index (χ4n) is 1.90. The van der Waals surface area contributed by atoms with Crippen molar-refractivity contribution in [3.8, 4) is 5.75 Å². The number of benzene rings is 1. The SMILES string of the molecule is COCCNS(=O)(=O)c1ccc(OCC(=O)NCCCOC(C)C)cc1. The van der Waals surface area contributed by atoms with Crippen LogP contribution in [0.15, 0.2) is 29.2 Å². The van der Waals surface area contributed by atoms with Gasteiger partial charge in [0, 0.05) is 26.8 Å². The van der Waals surface area contributed by atoms with Crippen LogP contribution < -0.4 is 14.8 Å². The summed E-state index contributed by atoms with van der Waals surface area (Å²) in [4.78, 5) is 11.8. The summed E-state index contributed by atoms with van der Waals surface area (Å²) < 4.78 is 42.0. The first-order valence-corrected chi connectivity index (χ1v) is 9.93. The molecule has 1 aromatic rings. The van der Waals surface area contributed by atoms with Crippen molar-refractivity contribution in [1.82, 2.24) is 10.0 Å². The van der Waals surface area contributed by atoms with Gasteiger partial charge >= 0.3 is 0 Å². The van der Waals surface area contributed by atoms with Crippen molar-refractivity contribution < 1.29 is 27.4 Å². The second kappa shape index (κ2) is 11.8. The fourth-order valence-corrected chi connectivity index (χ4v) is 2.91. The number of rotatable bonds is 13. The third-order valence-electron chi connectivity index (χ3n) is 3.20. The van der Waals surface area contributed by atoms with Crippen LogP contribution in [0.1, 0.15) is 20.3 Å². The van der Waals surface area contributed by atoms with E-state index in [1.165, 1.54) is 31.4 Å². The Kier molecular flexibility index (Phi) is 10.2. The van der Waals surface area contributed by atoms with Crippen LogP contribution in [0.2, 0.25) is 0 Å². The van der Waals surface area contributed by atoms with Crippen molar-refractivity contribution in [2.24, 2.45) is 0 Å². The van der Waals surface area contributed by atoms with Gasteiger partial charge in [0.05, 0.1) is 17.6 Å². The molecule has 9 heteroatoms. The van der Waals surface area contributed by atoms with E-state index in [0.29, 0.717) is 25.5 Å². The van der Waals surface area contributed by atoms with Gasteiger partial charge in [0.1, 0.15) is 5.75 Å². The predicted octanol–water partition coefficient (Wildman–Crippen LogP) is 0.921. The number of hydrogen-bond acceptors (Lipinski definition) is 6. The first-order chi connectivity index (χ1) is 12.3. The van der Waals surface area contributed by atoms with Crippen molar-refractivity contribution in [2.75, 3.05) is 40.0 Å². The smallest absolute Gasteiger partial charge is 0.257 e. The highest BCUT2D eigenvalue weighted by molar-refractivity contribution is 7.89. The van der Waals surface area contributed by atoms with Crippen molar-refractivity contribution in [3.63, 3.8) is 0 Å². The molecule has 1 aromatic carbocycles. The van der Waals surface area contributed by atoms with Crippen LogP contribution in [-0.4, -0.2) is 60.4 Å². The van der Waals surface area contributed by atoms with Gasteiger partial charge in [-0.05, 0) is 44.5 Å². The highest BCUT2D eigenvalue weighted by atomic mass is 32.2. The molecular weight excluding hydrogens is 360 g/mol. The third-order valence-corrected chi connectivity index (χ3v) is 4.67. The molecule has 0 aromatic heterocycles. The Morgan fingerprint density at radius 2 is 1.81 bits per heavy atom. The number of hydrogen-bond donors (Lipinski definition) is 2. The van der Waals surface area contributed by atoms with Gasteiger partial charge in [-0.2, -0.15) is 0 Å². The molecule has 0 aliphatic carbocycles. The topological polar surface area (TPSA) is 103 Å². The lowest BCUT2D eigenvalue weighted by atomic mass is 10.3. The van der Waals surface area contributed by atoms with Crippen LogP contribution in [0.3, 0.4) is 0 Å². The minimum atomic E-state index is -3.58. The first kappa shape index (κ1) is 22.4. The molecule has 148 valence electrons. The van der Waals surface area contributed by atoms with Gasteiger partial charge in [-0.15, -0.1) is 0 Å². The summed E-state index contributed by atoms with van der Waals surface area (Å²) in [5, 5.41) is 2.73. The van der Waals surface area contributed by atoms with Gasteiger partial charge < -0.3 is 19.5 Å². The number of amides is 1. The van der Waals surface area contributed by atoms with Gasteiger partial charge in [-0.3, -0.25) is 4.79 Å². The second-order valence-corrected chi connectivity index (χ2v) is 7.54. The summed E-state index contributed by atoms with van der Waals surface area (Å²) >= 11 is 0. The van der Waals surface area contributed by atoms with Gasteiger partial charge in [0.15, 0.2) is 6.61 Å². The molecular formula is C17H28N2O6S. The monoisotopic (exact) mass is 388 g/mol. The minimum Gasteiger partial charge on any atom is -0.484 e. The quantitative estimate of drug-likeness (QED) is 0.487. The average Bonchev–Trinajstić information content (AvgIpc) is 2.60. The van der Waals surface area contributed by atoms with E-state index in [9.17, 15) is 13.2 Å². The van der Waals surface area contributed by atoms with Crippen molar-refractivity contribution in [2.45, 2.75) is 31.3 Å². The summed E-state index contributed by atoms with van der Waals surface area (Å²) in [6.07, 6.45) is 0.906. The van der Waals surface area contributed by atoms with Crippen LogP contribution >= 0.6 is 0 Å². The lowest BCUT2D eigenvalue weighted by Gasteiger charge is -2.10. The molecule has 0 atom stereocenters. The number of nitrogens with one attached hydrogen (secondary N) is 2. The summed E-state index contributed by atoms with van der Waals surface area (Å²) in [6.45, 7) is 5.37. The van der Waals surface area contributed by atoms with Gasteiger partial charge in [0.25, 0.3) is 5.91 Å². The van der Waals surface area contributed by atoms with E-state index in [1.54, 1.807) is 0 Å². The fraction of sp³-hybridized carbons (Fsp3) is 0.588. The normalized spacial score (nSPS) is 11.5. The van der Waals surface area contributed by atoms with Crippen molar-refractivity contribution >= 4 is 15.9 Å². The number of carbonyl (C=O) groups excluding carboxylic acids is 1. The predicted molar refractivity (Wildman–Crippen MR) is 97.7 cm³/mol. The maximum atomic E-state index is 12.0. The Labute approximate surface area is 155 Å².